The van der Waals surface area contributed by atoms with Crippen LogP contribution in [0.25, 0.3) is 0 Å². The number of ether oxygens (including phenoxy) is 2. The summed E-state index contributed by atoms with van der Waals surface area (Å²) in [6.07, 6.45) is 4.44. The number of aryl methyl sites for hydroxylation is 1. The summed E-state index contributed by atoms with van der Waals surface area (Å²) in [6.45, 7) is 6.16. The van der Waals surface area contributed by atoms with Crippen LogP contribution in [-0.2, 0) is 19.5 Å². The van der Waals surface area contributed by atoms with Gasteiger partial charge in [-0.2, -0.15) is 0 Å². The molecule has 0 spiro atoms. The zero-order valence-corrected chi connectivity index (χ0v) is 15.5. The third-order valence-corrected chi connectivity index (χ3v) is 4.40. The number of hydrogen-bond acceptors (Lipinski definition) is 5. The first-order chi connectivity index (χ1) is 12.7. The van der Waals surface area contributed by atoms with E-state index in [4.69, 9.17) is 9.47 Å². The van der Waals surface area contributed by atoms with Gasteiger partial charge in [0, 0.05) is 18.5 Å². The molecular weight excluding hydrogens is 332 g/mol. The summed E-state index contributed by atoms with van der Waals surface area (Å²) in [7, 11) is 0. The number of fused-ring (bicyclic) bond motifs is 1. The van der Waals surface area contributed by atoms with Crippen molar-refractivity contribution in [3.05, 3.63) is 35.4 Å². The minimum absolute atomic E-state index is 0.167. The van der Waals surface area contributed by atoms with Crippen molar-refractivity contribution in [2.45, 2.75) is 52.6 Å². The van der Waals surface area contributed by atoms with Crippen LogP contribution in [0.15, 0.2) is 18.2 Å². The van der Waals surface area contributed by atoms with E-state index in [1.54, 1.807) is 18.2 Å². The van der Waals surface area contributed by atoms with Crippen LogP contribution in [-0.4, -0.2) is 33.9 Å². The van der Waals surface area contributed by atoms with Gasteiger partial charge in [-0.25, -0.2) is 0 Å². The molecule has 26 heavy (non-hydrogen) atoms. The van der Waals surface area contributed by atoms with Gasteiger partial charge in [0.25, 0.3) is 5.91 Å². The van der Waals surface area contributed by atoms with Crippen molar-refractivity contribution in [3.8, 4) is 11.5 Å². The Morgan fingerprint density at radius 2 is 1.92 bits per heavy atom. The number of benzene rings is 1. The molecule has 0 atom stereocenters. The first-order valence-corrected chi connectivity index (χ1v) is 9.31. The Morgan fingerprint density at radius 3 is 2.73 bits per heavy atom. The lowest BCUT2D eigenvalue weighted by molar-refractivity contribution is 0.0949. The van der Waals surface area contributed by atoms with Crippen LogP contribution in [0.4, 0.5) is 0 Å². The fraction of sp³-hybridized carbons (Fsp3) is 0.526. The maximum atomic E-state index is 12.5. The Balaban J connectivity index is 1.68. The van der Waals surface area contributed by atoms with Crippen molar-refractivity contribution in [2.24, 2.45) is 0 Å². The van der Waals surface area contributed by atoms with Gasteiger partial charge >= 0.3 is 0 Å². The fourth-order valence-electron chi connectivity index (χ4n) is 3.13. The number of aromatic nitrogens is 3. The van der Waals surface area contributed by atoms with Crippen LogP contribution in [0.3, 0.4) is 0 Å². The van der Waals surface area contributed by atoms with E-state index in [1.807, 2.05) is 13.8 Å². The number of carbonyl (C=O) groups is 1. The second-order valence-corrected chi connectivity index (χ2v) is 6.20. The summed E-state index contributed by atoms with van der Waals surface area (Å²) in [5.41, 5.74) is 0.535. The Hall–Kier alpha value is -2.57. The molecule has 3 rings (SSSR count). The lowest BCUT2D eigenvalue weighted by Gasteiger charge is -2.12. The average molecular weight is 358 g/mol. The molecule has 1 aromatic carbocycles. The van der Waals surface area contributed by atoms with Crippen molar-refractivity contribution in [1.29, 1.82) is 0 Å². The number of amides is 1. The molecule has 0 saturated heterocycles. The first kappa shape index (κ1) is 18.2. The van der Waals surface area contributed by atoms with Crippen molar-refractivity contribution < 1.29 is 14.3 Å². The fourth-order valence-corrected chi connectivity index (χ4v) is 3.13. The predicted molar refractivity (Wildman–Crippen MR) is 97.5 cm³/mol. The van der Waals surface area contributed by atoms with E-state index in [0.717, 1.165) is 37.5 Å². The molecule has 140 valence electrons. The molecule has 1 aromatic heterocycles. The molecule has 2 heterocycles. The molecule has 2 aromatic rings. The molecule has 0 fully saturated rings. The molecule has 1 N–H and O–H groups in total. The Kier molecular flexibility index (Phi) is 6.09. The highest BCUT2D eigenvalue weighted by Gasteiger charge is 2.16. The molecule has 7 nitrogen and oxygen atoms in total. The summed E-state index contributed by atoms with van der Waals surface area (Å²) in [4.78, 5) is 12.5. The maximum Gasteiger partial charge on any atom is 0.251 e. The zero-order chi connectivity index (χ0) is 18.4. The summed E-state index contributed by atoms with van der Waals surface area (Å²) >= 11 is 0. The zero-order valence-electron chi connectivity index (χ0n) is 15.5. The number of rotatable bonds is 7. The van der Waals surface area contributed by atoms with Crippen LogP contribution in [0.2, 0.25) is 0 Å². The average Bonchev–Trinajstić information content (AvgIpc) is 2.87. The third-order valence-electron chi connectivity index (χ3n) is 4.40. The Bertz CT molecular complexity index is 757. The molecule has 0 aliphatic carbocycles. The van der Waals surface area contributed by atoms with Gasteiger partial charge in [0.05, 0.1) is 19.8 Å². The van der Waals surface area contributed by atoms with Gasteiger partial charge in [0.1, 0.15) is 5.82 Å². The van der Waals surface area contributed by atoms with Gasteiger partial charge in [-0.1, -0.05) is 6.42 Å². The van der Waals surface area contributed by atoms with E-state index in [2.05, 4.69) is 20.1 Å². The highest BCUT2D eigenvalue weighted by Crippen LogP contribution is 2.28. The van der Waals surface area contributed by atoms with E-state index in [-0.39, 0.29) is 5.91 Å². The van der Waals surface area contributed by atoms with E-state index >= 15 is 0 Å². The minimum Gasteiger partial charge on any atom is -0.490 e. The van der Waals surface area contributed by atoms with Gasteiger partial charge in [-0.3, -0.25) is 4.79 Å². The molecule has 0 bridgehead atoms. The van der Waals surface area contributed by atoms with Gasteiger partial charge in [0.2, 0.25) is 0 Å². The highest BCUT2D eigenvalue weighted by atomic mass is 16.5. The maximum absolute atomic E-state index is 12.5. The van der Waals surface area contributed by atoms with Crippen molar-refractivity contribution in [3.63, 3.8) is 0 Å². The topological polar surface area (TPSA) is 78.3 Å². The van der Waals surface area contributed by atoms with Crippen LogP contribution in [0.1, 0.15) is 55.1 Å². The molecular formula is C19H26N4O3. The number of nitrogens with zero attached hydrogens (tertiary/aromatic N) is 3. The van der Waals surface area contributed by atoms with Gasteiger partial charge in [0.15, 0.2) is 17.3 Å². The van der Waals surface area contributed by atoms with Gasteiger partial charge in [-0.05, 0) is 44.9 Å². The van der Waals surface area contributed by atoms with Crippen LogP contribution >= 0.6 is 0 Å². The SMILES string of the molecule is CCOc1ccc(C(=O)NCc2nnc3n2CCCCC3)cc1OCC. The smallest absolute Gasteiger partial charge is 0.251 e. The Morgan fingerprint density at radius 1 is 1.12 bits per heavy atom. The van der Waals surface area contributed by atoms with Crippen molar-refractivity contribution in [1.82, 2.24) is 20.1 Å². The lowest BCUT2D eigenvalue weighted by atomic mass is 10.2. The minimum atomic E-state index is -0.167. The van der Waals surface area contributed by atoms with Crippen LogP contribution in [0.5, 0.6) is 11.5 Å². The quantitative estimate of drug-likeness (QED) is 0.823. The summed E-state index contributed by atoms with van der Waals surface area (Å²) in [5.74, 6) is 2.89. The second-order valence-electron chi connectivity index (χ2n) is 6.20. The van der Waals surface area contributed by atoms with Crippen molar-refractivity contribution >= 4 is 5.91 Å². The number of hydrogen-bond donors (Lipinski definition) is 1. The van der Waals surface area contributed by atoms with Gasteiger partial charge in [-0.15, -0.1) is 10.2 Å². The molecule has 1 aliphatic heterocycles. The van der Waals surface area contributed by atoms with Crippen LogP contribution < -0.4 is 14.8 Å². The number of carbonyl (C=O) groups excluding carboxylic acids is 1. The summed E-state index contributed by atoms with van der Waals surface area (Å²) in [5, 5.41) is 11.4. The standard InChI is InChI=1S/C19H26N4O3/c1-3-25-15-10-9-14(12-16(15)26-4-2)19(24)20-13-18-22-21-17-8-6-5-7-11-23(17)18/h9-10,12H,3-8,11,13H2,1-2H3,(H,20,24). The van der Waals surface area contributed by atoms with E-state index < -0.39 is 0 Å². The Labute approximate surface area is 153 Å². The molecule has 0 radical (unpaired) electrons. The molecule has 1 aliphatic rings. The lowest BCUT2D eigenvalue weighted by Crippen LogP contribution is -2.25. The predicted octanol–water partition coefficient (Wildman–Crippen LogP) is 2.73. The van der Waals surface area contributed by atoms with Gasteiger partial charge < -0.3 is 19.4 Å². The monoisotopic (exact) mass is 358 g/mol. The van der Waals surface area contributed by atoms with Crippen LogP contribution in [0, 0.1) is 0 Å². The molecule has 1 amide bonds. The molecule has 0 saturated carbocycles. The highest BCUT2D eigenvalue weighted by molar-refractivity contribution is 5.94. The molecule has 0 unspecified atom stereocenters. The summed E-state index contributed by atoms with van der Waals surface area (Å²) < 4.78 is 13.3. The normalized spacial score (nSPS) is 13.6. The van der Waals surface area contributed by atoms with Crippen molar-refractivity contribution in [2.75, 3.05) is 13.2 Å². The second kappa shape index (κ2) is 8.69. The summed E-state index contributed by atoms with van der Waals surface area (Å²) in [6, 6.07) is 5.23. The van der Waals surface area contributed by atoms with E-state index in [1.165, 1.54) is 6.42 Å². The largest absolute Gasteiger partial charge is 0.490 e. The number of nitrogens with one attached hydrogen (secondary N) is 1. The first-order valence-electron chi connectivity index (χ1n) is 9.31. The third kappa shape index (κ3) is 4.15. The van der Waals surface area contributed by atoms with E-state index in [0.29, 0.717) is 36.8 Å². The molecule has 7 heteroatoms. The van der Waals surface area contributed by atoms with E-state index in [9.17, 15) is 4.79 Å².